The zero-order chi connectivity index (χ0) is 28.8. The summed E-state index contributed by atoms with van der Waals surface area (Å²) in [4.78, 5) is 43.4. The molecule has 0 aliphatic carbocycles. The molecule has 2 aromatic carbocycles. The summed E-state index contributed by atoms with van der Waals surface area (Å²) in [6, 6.07) is 11.2. The van der Waals surface area contributed by atoms with Crippen LogP contribution in [0.4, 0.5) is 0 Å². The molecule has 4 rings (SSSR count). The third-order valence-corrected chi connectivity index (χ3v) is 7.24. The van der Waals surface area contributed by atoms with Gasteiger partial charge in [0.05, 0.1) is 42.7 Å². The summed E-state index contributed by atoms with van der Waals surface area (Å²) in [6.07, 6.45) is 1.70. The molecule has 0 fully saturated rings. The molecule has 10 nitrogen and oxygen atoms in total. The maximum atomic E-state index is 13.8. The van der Waals surface area contributed by atoms with Crippen molar-refractivity contribution in [2.75, 3.05) is 41.2 Å². The van der Waals surface area contributed by atoms with Crippen LogP contribution >= 0.6 is 22.9 Å². The fourth-order valence-electron chi connectivity index (χ4n) is 4.08. The van der Waals surface area contributed by atoms with Crippen molar-refractivity contribution in [1.82, 2.24) is 4.57 Å². The van der Waals surface area contributed by atoms with Crippen LogP contribution in [0.1, 0.15) is 24.1 Å². The van der Waals surface area contributed by atoms with E-state index in [2.05, 4.69) is 9.73 Å². The van der Waals surface area contributed by atoms with Gasteiger partial charge in [-0.05, 0) is 48.4 Å². The van der Waals surface area contributed by atoms with Gasteiger partial charge in [0.15, 0.2) is 22.9 Å². The number of esters is 2. The number of rotatable bonds is 10. The lowest BCUT2D eigenvalue weighted by Crippen LogP contribution is -2.40. The average Bonchev–Trinajstić information content (AvgIpc) is 3.25. The molecule has 0 spiro atoms. The van der Waals surface area contributed by atoms with Crippen LogP contribution < -0.4 is 24.4 Å². The van der Waals surface area contributed by atoms with E-state index in [-0.39, 0.29) is 31.0 Å². The topological polar surface area (TPSA) is 115 Å². The number of benzene rings is 2. The van der Waals surface area contributed by atoms with Crippen LogP contribution in [0.15, 0.2) is 63.5 Å². The van der Waals surface area contributed by atoms with Crippen molar-refractivity contribution >= 4 is 41.0 Å². The Labute approximate surface area is 238 Å². The van der Waals surface area contributed by atoms with E-state index in [1.807, 2.05) is 0 Å². The summed E-state index contributed by atoms with van der Waals surface area (Å²) in [5.41, 5.74) is 1.71. The van der Waals surface area contributed by atoms with Gasteiger partial charge in [0.2, 0.25) is 0 Å². The molecule has 1 aromatic heterocycles. The normalized spacial score (nSPS) is 14.8. The van der Waals surface area contributed by atoms with Gasteiger partial charge in [-0.2, -0.15) is 0 Å². The molecule has 0 saturated carbocycles. The summed E-state index contributed by atoms with van der Waals surface area (Å²) < 4.78 is 27.8. The van der Waals surface area contributed by atoms with E-state index in [1.54, 1.807) is 55.5 Å². The molecular formula is C28H27ClN2O8S. The first-order chi connectivity index (χ1) is 19.3. The smallest absolute Gasteiger partial charge is 0.343 e. The highest BCUT2D eigenvalue weighted by molar-refractivity contribution is 7.07. The van der Waals surface area contributed by atoms with Crippen LogP contribution in [0.5, 0.6) is 11.5 Å². The third-order valence-electron chi connectivity index (χ3n) is 6.01. The van der Waals surface area contributed by atoms with E-state index in [0.717, 1.165) is 0 Å². The number of halogens is 1. The van der Waals surface area contributed by atoms with E-state index < -0.39 is 18.0 Å². The van der Waals surface area contributed by atoms with E-state index in [4.69, 9.17) is 30.5 Å². The molecular weight excluding hydrogens is 560 g/mol. The van der Waals surface area contributed by atoms with Gasteiger partial charge in [0.25, 0.3) is 5.56 Å². The number of hydrogen-bond acceptors (Lipinski definition) is 10. The number of methoxy groups -OCH3 is 3. The molecule has 0 amide bonds. The monoisotopic (exact) mass is 586 g/mol. The van der Waals surface area contributed by atoms with Crippen LogP contribution in [0.2, 0.25) is 5.02 Å². The minimum atomic E-state index is -0.769. The second kappa shape index (κ2) is 12.9. The van der Waals surface area contributed by atoms with Crippen molar-refractivity contribution in [1.29, 1.82) is 0 Å². The van der Waals surface area contributed by atoms with Crippen LogP contribution in [0, 0.1) is 0 Å². The largest absolute Gasteiger partial charge is 0.493 e. The first-order valence-corrected chi connectivity index (χ1v) is 13.3. The number of thiazole rings is 1. The molecule has 1 aliphatic heterocycles. The number of ether oxygens (including phenoxy) is 5. The van der Waals surface area contributed by atoms with Crippen molar-refractivity contribution in [3.05, 3.63) is 89.6 Å². The van der Waals surface area contributed by atoms with Crippen molar-refractivity contribution < 1.29 is 33.3 Å². The Bertz CT molecular complexity index is 1630. The number of hydrogen-bond donors (Lipinski definition) is 0. The van der Waals surface area contributed by atoms with Crippen LogP contribution in [-0.2, 0) is 23.8 Å². The highest BCUT2D eigenvalue weighted by atomic mass is 35.5. The van der Waals surface area contributed by atoms with Crippen LogP contribution in [-0.4, -0.2) is 57.7 Å². The lowest BCUT2D eigenvalue weighted by molar-refractivity contribution is -0.143. The minimum absolute atomic E-state index is 0.0606. The van der Waals surface area contributed by atoms with Gasteiger partial charge < -0.3 is 23.7 Å². The number of nitrogens with zero attached hydrogens (tertiary/aromatic N) is 2. The van der Waals surface area contributed by atoms with E-state index in [1.165, 1.54) is 37.2 Å². The molecule has 0 bridgehead atoms. The van der Waals surface area contributed by atoms with Gasteiger partial charge in [0.1, 0.15) is 6.61 Å². The molecule has 0 radical (unpaired) electrons. The quantitative estimate of drug-likeness (QED) is 0.263. The molecule has 2 heterocycles. The third kappa shape index (κ3) is 6.27. The number of fused-ring (bicyclic) bond motifs is 1. The number of allylic oxidation sites excluding steroid dienone is 1. The van der Waals surface area contributed by atoms with Gasteiger partial charge >= 0.3 is 11.9 Å². The summed E-state index contributed by atoms with van der Waals surface area (Å²) in [5, 5.41) is 0.522. The van der Waals surface area contributed by atoms with Crippen molar-refractivity contribution in [3.63, 3.8) is 0 Å². The van der Waals surface area contributed by atoms with Crippen LogP contribution in [0.3, 0.4) is 0 Å². The predicted octanol–water partition coefficient (Wildman–Crippen LogP) is 2.64. The lowest BCUT2D eigenvalue weighted by Gasteiger charge is -2.24. The molecule has 210 valence electrons. The molecule has 1 unspecified atom stereocenters. The second-order valence-corrected chi connectivity index (χ2v) is 9.98. The molecule has 40 heavy (non-hydrogen) atoms. The number of carbonyl (C=O) groups is 2. The predicted molar refractivity (Wildman–Crippen MR) is 149 cm³/mol. The summed E-state index contributed by atoms with van der Waals surface area (Å²) in [6.45, 7) is 1.74. The first-order valence-electron chi connectivity index (χ1n) is 12.1. The Morgan fingerprint density at radius 1 is 1.07 bits per heavy atom. The Morgan fingerprint density at radius 2 is 1.82 bits per heavy atom. The van der Waals surface area contributed by atoms with Gasteiger partial charge in [-0.15, -0.1) is 0 Å². The minimum Gasteiger partial charge on any atom is -0.493 e. The Kier molecular flexibility index (Phi) is 9.41. The molecule has 12 heteroatoms. The van der Waals surface area contributed by atoms with E-state index in [0.29, 0.717) is 42.7 Å². The summed E-state index contributed by atoms with van der Waals surface area (Å²) in [5.74, 6) is -0.387. The maximum absolute atomic E-state index is 13.8. The standard InChI is InChI=1S/C28H27ClN2O8S/c1-16-24(27(34)38-12-11-35-2)25(18-6-8-19(29)9-7-18)31-26(33)22(40-28(31)30-16)14-17-5-10-20(21(13-17)36-3)39-15-23(32)37-4/h5-10,13-14,25H,11-12,15H2,1-4H3. The fourth-order valence-corrected chi connectivity index (χ4v) is 5.25. The molecule has 0 saturated heterocycles. The zero-order valence-electron chi connectivity index (χ0n) is 22.3. The van der Waals surface area contributed by atoms with Crippen molar-refractivity contribution in [2.24, 2.45) is 4.99 Å². The fraction of sp³-hybridized carbons (Fsp3) is 0.286. The highest BCUT2D eigenvalue weighted by Gasteiger charge is 2.33. The Morgan fingerprint density at radius 3 is 2.50 bits per heavy atom. The molecule has 1 atom stereocenters. The molecule has 3 aromatic rings. The zero-order valence-corrected chi connectivity index (χ0v) is 23.8. The Balaban J connectivity index is 1.79. The number of carbonyl (C=O) groups excluding carboxylic acids is 2. The Hall–Kier alpha value is -3.93. The summed E-state index contributed by atoms with van der Waals surface area (Å²) in [7, 11) is 4.26. The van der Waals surface area contributed by atoms with Gasteiger partial charge in [-0.1, -0.05) is 41.1 Å². The van der Waals surface area contributed by atoms with Gasteiger partial charge in [-0.3, -0.25) is 9.36 Å². The summed E-state index contributed by atoms with van der Waals surface area (Å²) >= 11 is 7.31. The second-order valence-electron chi connectivity index (χ2n) is 8.54. The molecule has 1 aliphatic rings. The van der Waals surface area contributed by atoms with E-state index in [9.17, 15) is 14.4 Å². The lowest BCUT2D eigenvalue weighted by atomic mass is 9.96. The molecule has 0 N–H and O–H groups in total. The van der Waals surface area contributed by atoms with Gasteiger partial charge in [-0.25, -0.2) is 14.6 Å². The van der Waals surface area contributed by atoms with E-state index >= 15 is 0 Å². The highest BCUT2D eigenvalue weighted by Crippen LogP contribution is 2.32. The van der Waals surface area contributed by atoms with Crippen molar-refractivity contribution in [3.8, 4) is 11.5 Å². The van der Waals surface area contributed by atoms with Crippen molar-refractivity contribution in [2.45, 2.75) is 13.0 Å². The maximum Gasteiger partial charge on any atom is 0.343 e. The SMILES string of the molecule is COCCOC(=O)C1=C(C)N=c2sc(=Cc3ccc(OCC(=O)OC)c(OC)c3)c(=O)n2C1c1ccc(Cl)cc1. The number of aromatic nitrogens is 1. The van der Waals surface area contributed by atoms with Gasteiger partial charge in [0, 0.05) is 12.1 Å². The van der Waals surface area contributed by atoms with Crippen LogP contribution in [0.25, 0.3) is 6.08 Å². The average molecular weight is 587 g/mol. The first kappa shape index (κ1) is 29.1.